The molecule has 2 aliphatic heterocycles. The molecule has 4 N–H and O–H groups in total. The molecule has 9 heteroatoms. The van der Waals surface area contributed by atoms with E-state index in [2.05, 4.69) is 15.6 Å². The van der Waals surface area contributed by atoms with E-state index in [1.54, 1.807) is 24.8 Å². The van der Waals surface area contributed by atoms with E-state index in [0.717, 1.165) is 25.9 Å². The topological polar surface area (TPSA) is 115 Å². The van der Waals surface area contributed by atoms with Crippen LogP contribution in [0.25, 0.3) is 6.08 Å². The molecule has 2 saturated heterocycles. The van der Waals surface area contributed by atoms with Gasteiger partial charge < -0.3 is 25.6 Å². The Kier molecular flexibility index (Phi) is 6.51. The molecule has 2 unspecified atom stereocenters. The lowest BCUT2D eigenvalue weighted by Crippen LogP contribution is -2.37. The van der Waals surface area contributed by atoms with Crippen LogP contribution in [0.2, 0.25) is 0 Å². The van der Waals surface area contributed by atoms with E-state index in [-0.39, 0.29) is 42.6 Å². The lowest BCUT2D eigenvalue weighted by molar-refractivity contribution is -0.132. The van der Waals surface area contributed by atoms with Crippen molar-refractivity contribution in [2.45, 2.75) is 51.7 Å². The number of hydrogen-bond acceptors (Lipinski definition) is 4. The van der Waals surface area contributed by atoms with Crippen LogP contribution in [0.5, 0.6) is 0 Å². The highest BCUT2D eigenvalue weighted by atomic mass is 19.1. The standard InChI is InChI=1S/C24H29FN4O4/c1-13-20(11-18-17-9-15(25)5-6-19(17)28-23(18)32)27-14(2)22(13)24(33)26-12-16(30)10-21(31)29-7-3-4-8-29/h5,9,11,16,19,27,30H,3-4,6-8,10,12H2,1-2H3,(H,26,33)(H,28,32)/b18-11-. The molecule has 0 radical (unpaired) electrons. The molecule has 2 fully saturated rings. The summed E-state index contributed by atoms with van der Waals surface area (Å²) in [6.45, 7) is 4.91. The molecule has 4 rings (SSSR count). The SMILES string of the molecule is Cc1[nH]c(/C=C2\C(=O)NC3CC=C(F)C=C23)c(C)c1C(=O)NCC(O)CC(=O)N1CCCC1. The van der Waals surface area contributed by atoms with Gasteiger partial charge in [0.2, 0.25) is 5.91 Å². The number of amides is 3. The predicted octanol–water partition coefficient (Wildman–Crippen LogP) is 1.80. The number of aromatic nitrogens is 1. The summed E-state index contributed by atoms with van der Waals surface area (Å²) in [6.07, 6.45) is 5.81. The van der Waals surface area contributed by atoms with Gasteiger partial charge in [0.15, 0.2) is 0 Å². The van der Waals surface area contributed by atoms with Crippen molar-refractivity contribution >= 4 is 23.8 Å². The molecule has 1 aromatic rings. The minimum atomic E-state index is -0.969. The van der Waals surface area contributed by atoms with Crippen LogP contribution in [-0.4, -0.2) is 64.5 Å². The Labute approximate surface area is 191 Å². The molecule has 3 heterocycles. The minimum absolute atomic E-state index is 0.0286. The van der Waals surface area contributed by atoms with Gasteiger partial charge in [-0.1, -0.05) is 0 Å². The van der Waals surface area contributed by atoms with E-state index in [1.807, 2.05) is 0 Å². The van der Waals surface area contributed by atoms with E-state index in [1.165, 1.54) is 12.2 Å². The van der Waals surface area contributed by atoms with Gasteiger partial charge in [-0.3, -0.25) is 14.4 Å². The van der Waals surface area contributed by atoms with Crippen LogP contribution in [0.15, 0.2) is 29.1 Å². The van der Waals surface area contributed by atoms with Crippen molar-refractivity contribution in [2.75, 3.05) is 19.6 Å². The Morgan fingerprint density at radius 1 is 1.33 bits per heavy atom. The number of H-pyrrole nitrogens is 1. The third-order valence-electron chi connectivity index (χ3n) is 6.44. The smallest absolute Gasteiger partial charge is 0.253 e. The normalized spacial score (nSPS) is 22.1. The van der Waals surface area contributed by atoms with Crippen LogP contribution >= 0.6 is 0 Å². The van der Waals surface area contributed by atoms with Crippen LogP contribution < -0.4 is 10.6 Å². The molecule has 0 saturated carbocycles. The fraction of sp³-hybridized carbons (Fsp3) is 0.458. The van der Waals surface area contributed by atoms with E-state index in [4.69, 9.17) is 0 Å². The molecular formula is C24H29FN4O4. The van der Waals surface area contributed by atoms with E-state index < -0.39 is 6.10 Å². The predicted molar refractivity (Wildman–Crippen MR) is 121 cm³/mol. The summed E-state index contributed by atoms with van der Waals surface area (Å²) < 4.78 is 13.7. The molecule has 2 atom stereocenters. The lowest BCUT2D eigenvalue weighted by Gasteiger charge is -2.18. The van der Waals surface area contributed by atoms with Gasteiger partial charge in [0.25, 0.3) is 11.8 Å². The number of nitrogens with zero attached hydrogens (tertiary/aromatic N) is 1. The summed E-state index contributed by atoms with van der Waals surface area (Å²) in [5.74, 6) is -1.13. The van der Waals surface area contributed by atoms with Gasteiger partial charge in [0.05, 0.1) is 24.1 Å². The van der Waals surface area contributed by atoms with Gasteiger partial charge in [0, 0.05) is 36.6 Å². The number of aliphatic hydroxyl groups excluding tert-OH is 1. The summed E-state index contributed by atoms with van der Waals surface area (Å²) in [6, 6.07) is -0.243. The Morgan fingerprint density at radius 3 is 2.79 bits per heavy atom. The number of likely N-dealkylation sites (tertiary alicyclic amines) is 1. The first-order valence-electron chi connectivity index (χ1n) is 11.3. The van der Waals surface area contributed by atoms with Crippen LogP contribution in [0.3, 0.4) is 0 Å². The van der Waals surface area contributed by atoms with Gasteiger partial charge in [-0.15, -0.1) is 0 Å². The summed E-state index contributed by atoms with van der Waals surface area (Å²) in [4.78, 5) is 42.3. The van der Waals surface area contributed by atoms with Crippen molar-refractivity contribution in [3.8, 4) is 0 Å². The molecule has 176 valence electrons. The minimum Gasteiger partial charge on any atom is -0.391 e. The second kappa shape index (κ2) is 9.35. The fourth-order valence-electron chi connectivity index (χ4n) is 4.66. The maximum Gasteiger partial charge on any atom is 0.253 e. The zero-order valence-corrected chi connectivity index (χ0v) is 18.8. The van der Waals surface area contributed by atoms with Crippen LogP contribution in [0.4, 0.5) is 4.39 Å². The third kappa shape index (κ3) is 4.78. The van der Waals surface area contributed by atoms with Crippen LogP contribution in [0, 0.1) is 13.8 Å². The Hall–Kier alpha value is -3.20. The highest BCUT2D eigenvalue weighted by molar-refractivity contribution is 6.07. The zero-order chi connectivity index (χ0) is 23.7. The molecule has 3 amide bonds. The number of nitrogens with one attached hydrogen (secondary N) is 3. The number of rotatable bonds is 6. The molecular weight excluding hydrogens is 427 g/mol. The summed E-state index contributed by atoms with van der Waals surface area (Å²) >= 11 is 0. The van der Waals surface area contributed by atoms with E-state index in [0.29, 0.717) is 40.1 Å². The van der Waals surface area contributed by atoms with Gasteiger partial charge >= 0.3 is 0 Å². The summed E-state index contributed by atoms with van der Waals surface area (Å²) in [5, 5.41) is 15.7. The summed E-state index contributed by atoms with van der Waals surface area (Å²) in [5.41, 5.74) is 3.23. The highest BCUT2D eigenvalue weighted by Gasteiger charge is 2.33. The van der Waals surface area contributed by atoms with Crippen molar-refractivity contribution in [1.29, 1.82) is 0 Å². The first-order valence-corrected chi connectivity index (χ1v) is 11.3. The van der Waals surface area contributed by atoms with Crippen molar-refractivity contribution < 1.29 is 23.9 Å². The Balaban J connectivity index is 1.44. The Bertz CT molecular complexity index is 1080. The number of carbonyl (C=O) groups excluding carboxylic acids is 3. The Morgan fingerprint density at radius 2 is 2.06 bits per heavy atom. The number of aromatic amines is 1. The summed E-state index contributed by atoms with van der Waals surface area (Å²) in [7, 11) is 0. The molecule has 1 aromatic heterocycles. The van der Waals surface area contributed by atoms with Crippen molar-refractivity contribution in [2.24, 2.45) is 0 Å². The fourth-order valence-corrected chi connectivity index (χ4v) is 4.66. The number of halogens is 1. The number of hydrogen-bond donors (Lipinski definition) is 4. The first-order chi connectivity index (χ1) is 15.7. The number of fused-ring (bicyclic) bond motifs is 1. The average molecular weight is 457 g/mol. The van der Waals surface area contributed by atoms with Crippen LogP contribution in [-0.2, 0) is 9.59 Å². The largest absolute Gasteiger partial charge is 0.391 e. The van der Waals surface area contributed by atoms with Gasteiger partial charge in [0.1, 0.15) is 5.83 Å². The average Bonchev–Trinajstić information content (AvgIpc) is 3.47. The van der Waals surface area contributed by atoms with Gasteiger partial charge in [-0.25, -0.2) is 4.39 Å². The number of aryl methyl sites for hydroxylation is 1. The van der Waals surface area contributed by atoms with Crippen molar-refractivity contribution in [3.63, 3.8) is 0 Å². The maximum atomic E-state index is 13.7. The molecule has 0 aromatic carbocycles. The molecule has 0 spiro atoms. The monoisotopic (exact) mass is 456 g/mol. The number of carbonyl (C=O) groups is 3. The molecule has 3 aliphatic rings. The van der Waals surface area contributed by atoms with Gasteiger partial charge in [-0.2, -0.15) is 0 Å². The maximum absolute atomic E-state index is 13.7. The lowest BCUT2D eigenvalue weighted by atomic mass is 9.95. The highest BCUT2D eigenvalue weighted by Crippen LogP contribution is 2.32. The van der Waals surface area contributed by atoms with E-state index >= 15 is 0 Å². The van der Waals surface area contributed by atoms with Crippen molar-refractivity contribution in [3.05, 3.63) is 51.6 Å². The number of allylic oxidation sites excluding steroid dienone is 2. The van der Waals surface area contributed by atoms with Crippen molar-refractivity contribution in [1.82, 2.24) is 20.5 Å². The van der Waals surface area contributed by atoms with Gasteiger partial charge in [-0.05, 0) is 62.5 Å². The first kappa shape index (κ1) is 23.0. The molecule has 33 heavy (non-hydrogen) atoms. The number of aliphatic hydroxyl groups is 1. The third-order valence-corrected chi connectivity index (χ3v) is 6.44. The quantitative estimate of drug-likeness (QED) is 0.489. The van der Waals surface area contributed by atoms with Crippen LogP contribution in [0.1, 0.15) is 53.0 Å². The zero-order valence-electron chi connectivity index (χ0n) is 18.8. The second-order valence-electron chi connectivity index (χ2n) is 8.83. The second-order valence-corrected chi connectivity index (χ2v) is 8.83. The molecule has 8 nitrogen and oxygen atoms in total. The molecule has 0 bridgehead atoms. The van der Waals surface area contributed by atoms with E-state index in [9.17, 15) is 23.9 Å². The molecule has 1 aliphatic carbocycles.